The molecule has 0 rings (SSSR count). The molecule has 0 aliphatic heterocycles. The van der Waals surface area contributed by atoms with Crippen LogP contribution in [0.25, 0.3) is 0 Å². The maximum absolute atomic E-state index is 9.37. The molecule has 0 N–H and O–H groups in total. The first-order chi connectivity index (χ1) is 2.91. The Morgan fingerprint density at radius 3 is 2.67 bits per heavy atom. The highest BCUT2D eigenvalue weighted by atomic mass is 32.1. The highest BCUT2D eigenvalue weighted by molar-refractivity contribution is 7.78. The average molecular weight is 101 g/mol. The van der Waals surface area contributed by atoms with E-state index in [1.54, 1.807) is 6.29 Å². The van der Waals surface area contributed by atoms with Gasteiger partial charge in [-0.25, -0.2) is 0 Å². The summed E-state index contributed by atoms with van der Waals surface area (Å²) in [7, 11) is 0. The van der Waals surface area contributed by atoms with E-state index in [1.807, 2.05) is 0 Å². The van der Waals surface area contributed by atoms with E-state index in [1.165, 1.54) is 5.37 Å². The van der Waals surface area contributed by atoms with Crippen LogP contribution in [0.3, 0.4) is 0 Å². The number of hydrogen-bond donors (Lipinski definition) is 0. The standard InChI is InChI=1S/C4H5OS/c5-3-1-2-4-6/h4H,1-2H2. The van der Waals surface area contributed by atoms with Gasteiger partial charge in [0.25, 0.3) is 0 Å². The average Bonchev–Trinajstić information content (AvgIpc) is 1.61. The fourth-order valence-corrected chi connectivity index (χ4v) is 0.236. The van der Waals surface area contributed by atoms with Gasteiger partial charge in [0, 0.05) is 6.42 Å². The molecule has 0 unspecified atom stereocenters. The lowest BCUT2D eigenvalue weighted by Gasteiger charge is -1.69. The van der Waals surface area contributed by atoms with E-state index in [-0.39, 0.29) is 0 Å². The van der Waals surface area contributed by atoms with Crippen LogP contribution in [-0.4, -0.2) is 11.7 Å². The number of hydrogen-bond acceptors (Lipinski definition) is 2. The molecule has 0 aliphatic carbocycles. The first kappa shape index (κ1) is 5.76. The second kappa shape index (κ2) is 4.76. The minimum absolute atomic E-state index is 0.448. The summed E-state index contributed by atoms with van der Waals surface area (Å²) in [6.45, 7) is 0. The molecule has 0 bridgehead atoms. The summed E-state index contributed by atoms with van der Waals surface area (Å²) in [5.74, 6) is 0. The molecule has 33 valence electrons. The van der Waals surface area contributed by atoms with Crippen LogP contribution in [0, 0.1) is 0 Å². The smallest absolute Gasteiger partial charge is 0.198 e. The molecular formula is C4H5OS. The van der Waals surface area contributed by atoms with Gasteiger partial charge in [0.15, 0.2) is 6.29 Å². The lowest BCUT2D eigenvalue weighted by atomic mass is 10.4. The molecule has 0 atom stereocenters. The van der Waals surface area contributed by atoms with Crippen LogP contribution in [0.4, 0.5) is 0 Å². The van der Waals surface area contributed by atoms with Crippen molar-refractivity contribution < 1.29 is 4.79 Å². The van der Waals surface area contributed by atoms with Gasteiger partial charge in [0.1, 0.15) is 0 Å². The zero-order valence-electron chi connectivity index (χ0n) is 3.31. The van der Waals surface area contributed by atoms with Gasteiger partial charge >= 0.3 is 0 Å². The van der Waals surface area contributed by atoms with Crippen molar-refractivity contribution in [3.05, 3.63) is 0 Å². The lowest BCUT2D eigenvalue weighted by Crippen LogP contribution is -1.71. The third kappa shape index (κ3) is 3.76. The second-order valence-corrected chi connectivity index (χ2v) is 1.18. The first-order valence-corrected chi connectivity index (χ1v) is 2.17. The Kier molecular flexibility index (Phi) is 4.57. The lowest BCUT2D eigenvalue weighted by molar-refractivity contribution is 0.552. The molecule has 0 spiro atoms. The van der Waals surface area contributed by atoms with Gasteiger partial charge in [-0.05, 0) is 11.8 Å². The van der Waals surface area contributed by atoms with Gasteiger partial charge in [-0.1, -0.05) is 12.2 Å². The number of unbranched alkanes of at least 4 members (excludes halogenated alkanes) is 1. The van der Waals surface area contributed by atoms with E-state index in [2.05, 4.69) is 12.2 Å². The number of thiocarbonyl (C=S) groups is 1. The summed E-state index contributed by atoms with van der Waals surface area (Å²) in [6.07, 6.45) is 2.85. The SMILES string of the molecule is O=[C]CCC=S. The van der Waals surface area contributed by atoms with Gasteiger partial charge in [0.2, 0.25) is 0 Å². The molecule has 0 aliphatic rings. The van der Waals surface area contributed by atoms with Crippen molar-refractivity contribution in [1.82, 2.24) is 0 Å². The fraction of sp³-hybridized carbons (Fsp3) is 0.500. The Morgan fingerprint density at radius 1 is 1.83 bits per heavy atom. The highest BCUT2D eigenvalue weighted by Crippen LogP contribution is 1.75. The summed E-state index contributed by atoms with van der Waals surface area (Å²) in [5, 5.41) is 1.53. The van der Waals surface area contributed by atoms with Crippen LogP contribution >= 0.6 is 12.2 Å². The van der Waals surface area contributed by atoms with Crippen molar-refractivity contribution in [3.8, 4) is 0 Å². The van der Waals surface area contributed by atoms with E-state index in [4.69, 9.17) is 0 Å². The van der Waals surface area contributed by atoms with Crippen molar-refractivity contribution in [1.29, 1.82) is 0 Å². The van der Waals surface area contributed by atoms with E-state index < -0.39 is 0 Å². The van der Waals surface area contributed by atoms with E-state index >= 15 is 0 Å². The maximum Gasteiger partial charge on any atom is 0.198 e. The minimum Gasteiger partial charge on any atom is -0.291 e. The van der Waals surface area contributed by atoms with Gasteiger partial charge in [-0.3, -0.25) is 4.79 Å². The zero-order valence-corrected chi connectivity index (χ0v) is 4.12. The monoisotopic (exact) mass is 101 g/mol. The van der Waals surface area contributed by atoms with Crippen molar-refractivity contribution in [3.63, 3.8) is 0 Å². The summed E-state index contributed by atoms with van der Waals surface area (Å²) < 4.78 is 0. The van der Waals surface area contributed by atoms with Crippen LogP contribution in [0.1, 0.15) is 12.8 Å². The van der Waals surface area contributed by atoms with Crippen LogP contribution in [0.5, 0.6) is 0 Å². The highest BCUT2D eigenvalue weighted by Gasteiger charge is 1.73. The normalized spacial score (nSPS) is 7.33. The Hall–Kier alpha value is -0.240. The summed E-state index contributed by atoms with van der Waals surface area (Å²) >= 11 is 4.41. The molecule has 2 heteroatoms. The van der Waals surface area contributed by atoms with Crippen molar-refractivity contribution in [2.75, 3.05) is 0 Å². The molecule has 1 radical (unpaired) electrons. The molecular weight excluding hydrogens is 96.1 g/mol. The molecule has 0 heterocycles. The van der Waals surface area contributed by atoms with Crippen LogP contribution in [0.2, 0.25) is 0 Å². The Labute approximate surface area is 42.4 Å². The van der Waals surface area contributed by atoms with Crippen molar-refractivity contribution in [2.24, 2.45) is 0 Å². The molecule has 0 amide bonds. The minimum atomic E-state index is 0.448. The molecule has 0 saturated heterocycles. The van der Waals surface area contributed by atoms with Crippen LogP contribution < -0.4 is 0 Å². The summed E-state index contributed by atoms with van der Waals surface area (Å²) in [5.41, 5.74) is 0. The van der Waals surface area contributed by atoms with E-state index in [9.17, 15) is 4.79 Å². The third-order valence-electron chi connectivity index (χ3n) is 0.364. The number of carbonyl (C=O) groups excluding carboxylic acids is 1. The van der Waals surface area contributed by atoms with Crippen LogP contribution in [0.15, 0.2) is 0 Å². The summed E-state index contributed by atoms with van der Waals surface area (Å²) in [4.78, 5) is 9.37. The second-order valence-electron chi connectivity index (χ2n) is 0.850. The Bertz CT molecular complexity index is 43.5. The van der Waals surface area contributed by atoms with Crippen LogP contribution in [-0.2, 0) is 4.79 Å². The molecule has 6 heavy (non-hydrogen) atoms. The van der Waals surface area contributed by atoms with Crippen molar-refractivity contribution >= 4 is 23.9 Å². The molecule has 0 aromatic heterocycles. The first-order valence-electron chi connectivity index (χ1n) is 1.70. The zero-order chi connectivity index (χ0) is 4.83. The van der Waals surface area contributed by atoms with Crippen molar-refractivity contribution in [2.45, 2.75) is 12.8 Å². The van der Waals surface area contributed by atoms with Gasteiger partial charge in [0.05, 0.1) is 0 Å². The Morgan fingerprint density at radius 2 is 2.50 bits per heavy atom. The third-order valence-corrected chi connectivity index (χ3v) is 0.600. The molecule has 0 fully saturated rings. The van der Waals surface area contributed by atoms with Gasteiger partial charge < -0.3 is 0 Å². The predicted octanol–water partition coefficient (Wildman–Crippen LogP) is 0.876. The topological polar surface area (TPSA) is 17.1 Å². The molecule has 0 aromatic carbocycles. The van der Waals surface area contributed by atoms with Gasteiger partial charge in [-0.15, -0.1) is 0 Å². The number of rotatable bonds is 3. The van der Waals surface area contributed by atoms with E-state index in [0.717, 1.165) is 0 Å². The Balaban J connectivity index is 2.66. The molecule has 0 saturated carbocycles. The summed E-state index contributed by atoms with van der Waals surface area (Å²) in [6, 6.07) is 0. The maximum atomic E-state index is 9.37. The van der Waals surface area contributed by atoms with Gasteiger partial charge in [-0.2, -0.15) is 0 Å². The fourth-order valence-electron chi connectivity index (χ4n) is 0.118. The molecule has 1 nitrogen and oxygen atoms in total. The predicted molar refractivity (Wildman–Crippen MR) is 28.6 cm³/mol. The van der Waals surface area contributed by atoms with E-state index in [0.29, 0.717) is 12.8 Å². The quantitative estimate of drug-likeness (QED) is 0.387. The largest absolute Gasteiger partial charge is 0.291 e. The molecule has 0 aromatic rings.